The summed E-state index contributed by atoms with van der Waals surface area (Å²) in [6, 6.07) is 77.1. The predicted octanol–water partition coefficient (Wildman–Crippen LogP) is 16.2. The van der Waals surface area contributed by atoms with Crippen LogP contribution >= 0.6 is 0 Å². The molecular formula is C56H35NO. The molecule has 0 bridgehead atoms. The van der Waals surface area contributed by atoms with E-state index in [1.807, 2.05) is 12.1 Å². The summed E-state index contributed by atoms with van der Waals surface area (Å²) in [4.78, 5) is 2.37. The van der Waals surface area contributed by atoms with Crippen molar-refractivity contribution in [2.45, 2.75) is 0 Å². The van der Waals surface area contributed by atoms with Crippen LogP contribution in [0.1, 0.15) is 0 Å². The van der Waals surface area contributed by atoms with Crippen LogP contribution in [-0.4, -0.2) is 0 Å². The molecular weight excluding hydrogens is 703 g/mol. The van der Waals surface area contributed by atoms with Gasteiger partial charge >= 0.3 is 0 Å². The maximum absolute atomic E-state index is 6.45. The van der Waals surface area contributed by atoms with Gasteiger partial charge in [0.25, 0.3) is 0 Å². The third-order valence-corrected chi connectivity index (χ3v) is 12.0. The Bertz CT molecular complexity index is 3400. The van der Waals surface area contributed by atoms with Crippen LogP contribution in [0.2, 0.25) is 0 Å². The molecule has 0 saturated carbocycles. The van der Waals surface area contributed by atoms with E-state index < -0.39 is 0 Å². The van der Waals surface area contributed by atoms with Gasteiger partial charge < -0.3 is 9.32 Å². The number of hydrogen-bond acceptors (Lipinski definition) is 2. The molecule has 0 aliphatic heterocycles. The van der Waals surface area contributed by atoms with Gasteiger partial charge in [-0.05, 0) is 137 Å². The standard InChI is InChI=1S/C56H35NO/c1-3-13-44-38(11-1)34-53(49-17-7-5-15-47(44)49)36-21-26-41(27-22-36)57(43-30-32-46-40(33-43)25-31-52-51-19-9-10-20-55(51)58-56(46)52)42-28-23-37(24-29-42)54-35-39-12-2-4-14-45(39)48-16-6-8-18-50(48)54/h1-35H. The quantitative estimate of drug-likeness (QED) is 0.164. The van der Waals surface area contributed by atoms with E-state index in [2.05, 4.69) is 205 Å². The molecule has 12 rings (SSSR count). The van der Waals surface area contributed by atoms with E-state index in [0.29, 0.717) is 0 Å². The molecule has 0 spiro atoms. The fraction of sp³-hybridized carbons (Fsp3) is 0. The second kappa shape index (κ2) is 12.9. The van der Waals surface area contributed by atoms with Gasteiger partial charge in [0.05, 0.1) is 0 Å². The third kappa shape index (κ3) is 5.12. The largest absolute Gasteiger partial charge is 0.455 e. The molecule has 58 heavy (non-hydrogen) atoms. The maximum Gasteiger partial charge on any atom is 0.143 e. The smallest absolute Gasteiger partial charge is 0.143 e. The molecule has 0 aliphatic carbocycles. The highest BCUT2D eigenvalue weighted by atomic mass is 16.3. The number of fused-ring (bicyclic) bond motifs is 11. The van der Waals surface area contributed by atoms with Gasteiger partial charge in [0.2, 0.25) is 0 Å². The Morgan fingerprint density at radius 1 is 0.276 bits per heavy atom. The Kier molecular flexibility index (Phi) is 7.26. The van der Waals surface area contributed by atoms with Gasteiger partial charge in [0.15, 0.2) is 0 Å². The van der Waals surface area contributed by atoms with E-state index in [0.717, 1.165) is 49.8 Å². The highest BCUT2D eigenvalue weighted by molar-refractivity contribution is 6.17. The first kappa shape index (κ1) is 32.6. The summed E-state index contributed by atoms with van der Waals surface area (Å²) < 4.78 is 6.45. The lowest BCUT2D eigenvalue weighted by molar-refractivity contribution is 0.672. The number of furan rings is 1. The average molecular weight is 738 g/mol. The number of benzene rings is 11. The van der Waals surface area contributed by atoms with Crippen molar-refractivity contribution in [3.8, 4) is 22.3 Å². The first-order valence-electron chi connectivity index (χ1n) is 19.9. The molecule has 0 amide bonds. The molecule has 12 aromatic rings. The Labute approximate surface area is 335 Å². The second-order valence-electron chi connectivity index (χ2n) is 15.3. The van der Waals surface area contributed by atoms with Crippen molar-refractivity contribution in [2.75, 3.05) is 4.90 Å². The van der Waals surface area contributed by atoms with Crippen molar-refractivity contribution in [1.82, 2.24) is 0 Å². The van der Waals surface area contributed by atoms with Gasteiger partial charge in [0.1, 0.15) is 11.2 Å². The summed E-state index contributed by atoms with van der Waals surface area (Å²) in [5.41, 5.74) is 9.94. The van der Waals surface area contributed by atoms with Crippen LogP contribution in [0.5, 0.6) is 0 Å². The number of para-hydroxylation sites is 1. The van der Waals surface area contributed by atoms with Gasteiger partial charge in [0, 0.05) is 33.2 Å². The van der Waals surface area contributed by atoms with Crippen LogP contribution in [-0.2, 0) is 0 Å². The fourth-order valence-electron chi connectivity index (χ4n) is 9.25. The van der Waals surface area contributed by atoms with Crippen molar-refractivity contribution in [3.05, 3.63) is 212 Å². The molecule has 0 atom stereocenters. The number of rotatable bonds is 5. The molecule has 11 aromatic carbocycles. The van der Waals surface area contributed by atoms with Gasteiger partial charge in [-0.25, -0.2) is 0 Å². The zero-order chi connectivity index (χ0) is 38.2. The number of anilines is 3. The SMILES string of the molecule is c1ccc2c(c1)cc(-c1ccc(N(c3ccc(-c4cc5ccccc5c5ccccc45)cc3)c3ccc4c(ccc5c6ccccc6oc45)c3)cc1)c1ccccc12. The first-order valence-corrected chi connectivity index (χ1v) is 19.9. The molecule has 1 heterocycles. The van der Waals surface area contributed by atoms with Crippen LogP contribution < -0.4 is 4.90 Å². The van der Waals surface area contributed by atoms with E-state index in [1.54, 1.807) is 0 Å². The zero-order valence-corrected chi connectivity index (χ0v) is 31.6. The first-order chi connectivity index (χ1) is 28.7. The minimum Gasteiger partial charge on any atom is -0.455 e. The summed E-state index contributed by atoms with van der Waals surface area (Å²) >= 11 is 0. The highest BCUT2D eigenvalue weighted by Gasteiger charge is 2.18. The van der Waals surface area contributed by atoms with Gasteiger partial charge in [-0.1, -0.05) is 146 Å². The molecule has 2 nitrogen and oxygen atoms in total. The fourth-order valence-corrected chi connectivity index (χ4v) is 9.25. The van der Waals surface area contributed by atoms with E-state index in [-0.39, 0.29) is 0 Å². The molecule has 1 aromatic heterocycles. The van der Waals surface area contributed by atoms with E-state index >= 15 is 0 Å². The minimum absolute atomic E-state index is 0.911. The van der Waals surface area contributed by atoms with E-state index in [1.165, 1.54) is 65.3 Å². The van der Waals surface area contributed by atoms with Crippen LogP contribution in [0.3, 0.4) is 0 Å². The summed E-state index contributed by atoms with van der Waals surface area (Å²) in [6.07, 6.45) is 0. The summed E-state index contributed by atoms with van der Waals surface area (Å²) in [5.74, 6) is 0. The van der Waals surface area contributed by atoms with E-state index in [9.17, 15) is 0 Å². The Morgan fingerprint density at radius 3 is 1.28 bits per heavy atom. The molecule has 0 unspecified atom stereocenters. The normalized spacial score (nSPS) is 11.8. The van der Waals surface area contributed by atoms with Crippen molar-refractivity contribution >= 4 is 92.9 Å². The zero-order valence-electron chi connectivity index (χ0n) is 31.6. The third-order valence-electron chi connectivity index (χ3n) is 12.0. The Balaban J connectivity index is 1.01. The lowest BCUT2D eigenvalue weighted by Gasteiger charge is -2.26. The van der Waals surface area contributed by atoms with E-state index in [4.69, 9.17) is 4.42 Å². The number of nitrogens with zero attached hydrogens (tertiary/aromatic N) is 1. The highest BCUT2D eigenvalue weighted by Crippen LogP contribution is 2.43. The monoisotopic (exact) mass is 737 g/mol. The van der Waals surface area contributed by atoms with Crippen molar-refractivity contribution in [3.63, 3.8) is 0 Å². The van der Waals surface area contributed by atoms with Crippen LogP contribution in [0, 0.1) is 0 Å². The van der Waals surface area contributed by atoms with Crippen LogP contribution in [0.4, 0.5) is 17.1 Å². The molecule has 2 heteroatoms. The second-order valence-corrected chi connectivity index (χ2v) is 15.3. The van der Waals surface area contributed by atoms with Gasteiger partial charge in [-0.15, -0.1) is 0 Å². The van der Waals surface area contributed by atoms with Gasteiger partial charge in [-0.2, -0.15) is 0 Å². The molecule has 0 radical (unpaired) electrons. The predicted molar refractivity (Wildman–Crippen MR) is 247 cm³/mol. The van der Waals surface area contributed by atoms with Crippen LogP contribution in [0.15, 0.2) is 217 Å². The van der Waals surface area contributed by atoms with Gasteiger partial charge in [-0.3, -0.25) is 0 Å². The Hall–Kier alpha value is -7.68. The lowest BCUT2D eigenvalue weighted by Crippen LogP contribution is -2.09. The summed E-state index contributed by atoms with van der Waals surface area (Å²) in [5, 5.41) is 14.6. The minimum atomic E-state index is 0.911. The molecule has 0 aliphatic rings. The summed E-state index contributed by atoms with van der Waals surface area (Å²) in [6.45, 7) is 0. The van der Waals surface area contributed by atoms with Crippen LogP contribution in [0.25, 0.3) is 98.1 Å². The number of hydrogen-bond donors (Lipinski definition) is 0. The van der Waals surface area contributed by atoms with Crippen molar-refractivity contribution in [1.29, 1.82) is 0 Å². The lowest BCUT2D eigenvalue weighted by atomic mass is 9.93. The van der Waals surface area contributed by atoms with Crippen molar-refractivity contribution in [2.24, 2.45) is 0 Å². The molecule has 0 saturated heterocycles. The maximum atomic E-state index is 6.45. The summed E-state index contributed by atoms with van der Waals surface area (Å²) in [7, 11) is 0. The molecule has 0 fully saturated rings. The van der Waals surface area contributed by atoms with Crippen molar-refractivity contribution < 1.29 is 4.42 Å². The topological polar surface area (TPSA) is 16.4 Å². The average Bonchev–Trinajstić information content (AvgIpc) is 3.68. The molecule has 270 valence electrons. The molecule has 0 N–H and O–H groups in total. The Morgan fingerprint density at radius 2 is 0.707 bits per heavy atom.